The van der Waals surface area contributed by atoms with E-state index >= 15 is 0 Å². The molecule has 0 bridgehead atoms. The van der Waals surface area contributed by atoms with E-state index in [-0.39, 0.29) is 18.1 Å². The maximum Gasteiger partial charge on any atom is 0.333 e. The SMILES string of the molecule is C=C(C)C(=O)OCCN.[OH]. The molecule has 3 N–H and O–H groups in total. The summed E-state index contributed by atoms with van der Waals surface area (Å²) in [5.41, 5.74) is 5.48. The minimum atomic E-state index is -0.375. The molecule has 0 aliphatic carbocycles. The van der Waals surface area contributed by atoms with Crippen LogP contribution in [0, 0.1) is 0 Å². The Morgan fingerprint density at radius 2 is 2.20 bits per heavy atom. The Morgan fingerprint density at radius 1 is 1.70 bits per heavy atom. The van der Waals surface area contributed by atoms with Crippen molar-refractivity contribution in [2.24, 2.45) is 5.73 Å². The van der Waals surface area contributed by atoms with Gasteiger partial charge in [-0.3, -0.25) is 5.48 Å². The molecule has 0 aromatic carbocycles. The Labute approximate surface area is 60.0 Å². The Kier molecular flexibility index (Phi) is 7.42. The van der Waals surface area contributed by atoms with Gasteiger partial charge >= 0.3 is 5.97 Å². The molecule has 0 fully saturated rings. The molecule has 0 aromatic heterocycles. The lowest BCUT2D eigenvalue weighted by Gasteiger charge is -1.99. The summed E-state index contributed by atoms with van der Waals surface area (Å²) in [7, 11) is 0. The minimum Gasteiger partial charge on any atom is -0.461 e. The van der Waals surface area contributed by atoms with Crippen molar-refractivity contribution < 1.29 is 15.0 Å². The summed E-state index contributed by atoms with van der Waals surface area (Å²) in [4.78, 5) is 10.5. The Hall–Kier alpha value is -0.870. The van der Waals surface area contributed by atoms with Gasteiger partial charge in [0.1, 0.15) is 6.61 Å². The van der Waals surface area contributed by atoms with Crippen LogP contribution in [0.15, 0.2) is 12.2 Å². The largest absolute Gasteiger partial charge is 0.461 e. The summed E-state index contributed by atoms with van der Waals surface area (Å²) < 4.78 is 4.59. The van der Waals surface area contributed by atoms with Crippen LogP contribution in [0.1, 0.15) is 6.92 Å². The van der Waals surface area contributed by atoms with E-state index in [1.807, 2.05) is 0 Å². The first kappa shape index (κ1) is 11.9. The van der Waals surface area contributed by atoms with Gasteiger partial charge in [0.05, 0.1) is 0 Å². The fourth-order valence-electron chi connectivity index (χ4n) is 0.275. The molecule has 59 valence electrons. The van der Waals surface area contributed by atoms with Crippen LogP contribution in [0.3, 0.4) is 0 Å². The van der Waals surface area contributed by atoms with Gasteiger partial charge in [0, 0.05) is 12.1 Å². The highest BCUT2D eigenvalue weighted by atomic mass is 16.5. The van der Waals surface area contributed by atoms with Gasteiger partial charge < -0.3 is 10.5 Å². The standard InChI is InChI=1S/C6H11NO2.HO/c1-5(2)6(8)9-4-3-7;/h1,3-4,7H2,2H3;1H. The molecular formula is C6H12NO3. The molecule has 0 atom stereocenters. The average molecular weight is 146 g/mol. The summed E-state index contributed by atoms with van der Waals surface area (Å²) in [5, 5.41) is 0. The Bertz CT molecular complexity index is 122. The number of ether oxygens (including phenoxy) is 1. The summed E-state index contributed by atoms with van der Waals surface area (Å²) in [5.74, 6) is -0.375. The average Bonchev–Trinajstić information content (AvgIpc) is 1.82. The van der Waals surface area contributed by atoms with Crippen molar-refractivity contribution in [1.29, 1.82) is 0 Å². The Balaban J connectivity index is 0. The summed E-state index contributed by atoms with van der Waals surface area (Å²) in [6, 6.07) is 0. The maximum atomic E-state index is 10.5. The first-order chi connectivity index (χ1) is 4.18. The molecule has 0 heterocycles. The monoisotopic (exact) mass is 146 g/mol. The number of hydrogen-bond acceptors (Lipinski definition) is 3. The molecule has 0 aliphatic heterocycles. The predicted molar refractivity (Wildman–Crippen MR) is 36.8 cm³/mol. The highest BCUT2D eigenvalue weighted by Gasteiger charge is 1.99. The zero-order chi connectivity index (χ0) is 7.28. The van der Waals surface area contributed by atoms with E-state index in [1.54, 1.807) is 6.92 Å². The number of carbonyl (C=O) groups is 1. The number of esters is 1. The van der Waals surface area contributed by atoms with Crippen molar-refractivity contribution in [1.82, 2.24) is 0 Å². The van der Waals surface area contributed by atoms with Crippen molar-refractivity contribution in [2.75, 3.05) is 13.2 Å². The lowest BCUT2D eigenvalue weighted by Crippen LogP contribution is -2.13. The molecule has 0 aliphatic rings. The smallest absolute Gasteiger partial charge is 0.333 e. The van der Waals surface area contributed by atoms with E-state index in [0.29, 0.717) is 12.1 Å². The molecule has 0 rings (SSSR count). The van der Waals surface area contributed by atoms with Crippen molar-refractivity contribution in [3.05, 3.63) is 12.2 Å². The quantitative estimate of drug-likeness (QED) is 0.430. The molecule has 1 radical (unpaired) electrons. The van der Waals surface area contributed by atoms with Crippen LogP contribution in [-0.2, 0) is 9.53 Å². The molecule has 0 unspecified atom stereocenters. The topological polar surface area (TPSA) is 82.3 Å². The van der Waals surface area contributed by atoms with Crippen LogP contribution in [0.2, 0.25) is 0 Å². The van der Waals surface area contributed by atoms with Crippen molar-refractivity contribution in [3.63, 3.8) is 0 Å². The second-order valence-electron chi connectivity index (χ2n) is 1.70. The van der Waals surface area contributed by atoms with E-state index in [1.165, 1.54) is 0 Å². The van der Waals surface area contributed by atoms with Gasteiger partial charge in [-0.25, -0.2) is 4.79 Å². The van der Waals surface area contributed by atoms with Crippen molar-refractivity contribution in [2.45, 2.75) is 6.92 Å². The lowest BCUT2D eigenvalue weighted by molar-refractivity contribution is -0.138. The van der Waals surface area contributed by atoms with Crippen LogP contribution >= 0.6 is 0 Å². The maximum absolute atomic E-state index is 10.5. The molecule has 0 saturated carbocycles. The third kappa shape index (κ3) is 5.27. The molecule has 4 nitrogen and oxygen atoms in total. The van der Waals surface area contributed by atoms with E-state index in [0.717, 1.165) is 0 Å². The normalized spacial score (nSPS) is 7.80. The fourth-order valence-corrected chi connectivity index (χ4v) is 0.275. The zero-order valence-corrected chi connectivity index (χ0v) is 5.96. The molecule has 10 heavy (non-hydrogen) atoms. The van der Waals surface area contributed by atoms with Crippen LogP contribution in [0.25, 0.3) is 0 Å². The molecule has 0 aromatic rings. The van der Waals surface area contributed by atoms with Crippen molar-refractivity contribution >= 4 is 5.97 Å². The molecule has 0 spiro atoms. The minimum absolute atomic E-state index is 0. The highest BCUT2D eigenvalue weighted by molar-refractivity contribution is 5.86. The van der Waals surface area contributed by atoms with Gasteiger partial charge in [0.25, 0.3) is 0 Å². The molecular weight excluding hydrogens is 134 g/mol. The number of rotatable bonds is 3. The summed E-state index contributed by atoms with van der Waals surface area (Å²) in [6.07, 6.45) is 0. The molecule has 4 heteroatoms. The number of nitrogens with two attached hydrogens (primary N) is 1. The third-order valence-electron chi connectivity index (χ3n) is 0.699. The van der Waals surface area contributed by atoms with E-state index < -0.39 is 0 Å². The van der Waals surface area contributed by atoms with Gasteiger partial charge in [-0.1, -0.05) is 6.58 Å². The predicted octanol–water partition coefficient (Wildman–Crippen LogP) is -0.112. The Morgan fingerprint density at radius 3 is 2.50 bits per heavy atom. The zero-order valence-electron chi connectivity index (χ0n) is 5.96. The van der Waals surface area contributed by atoms with Gasteiger partial charge in [0.2, 0.25) is 0 Å². The van der Waals surface area contributed by atoms with Crippen LogP contribution in [-0.4, -0.2) is 24.6 Å². The molecule has 0 saturated heterocycles. The molecule has 0 amide bonds. The summed E-state index contributed by atoms with van der Waals surface area (Å²) in [6.45, 7) is 5.62. The lowest BCUT2D eigenvalue weighted by atomic mass is 10.4. The second-order valence-corrected chi connectivity index (χ2v) is 1.70. The van der Waals surface area contributed by atoms with Crippen molar-refractivity contribution in [3.8, 4) is 0 Å². The fraction of sp³-hybridized carbons (Fsp3) is 0.500. The van der Waals surface area contributed by atoms with Gasteiger partial charge in [-0.2, -0.15) is 0 Å². The third-order valence-corrected chi connectivity index (χ3v) is 0.699. The summed E-state index contributed by atoms with van der Waals surface area (Å²) >= 11 is 0. The van der Waals surface area contributed by atoms with Crippen LogP contribution < -0.4 is 5.73 Å². The van der Waals surface area contributed by atoms with E-state index in [9.17, 15) is 4.79 Å². The van der Waals surface area contributed by atoms with Gasteiger partial charge in [-0.05, 0) is 6.92 Å². The number of hydrogen-bond donors (Lipinski definition) is 2. The highest BCUT2D eigenvalue weighted by Crippen LogP contribution is 1.89. The number of carbonyl (C=O) groups excluding carboxylic acids is 1. The van der Waals surface area contributed by atoms with E-state index in [4.69, 9.17) is 5.73 Å². The first-order valence-electron chi connectivity index (χ1n) is 2.71. The van der Waals surface area contributed by atoms with Crippen LogP contribution in [0.4, 0.5) is 0 Å². The van der Waals surface area contributed by atoms with E-state index in [2.05, 4.69) is 11.3 Å². The first-order valence-corrected chi connectivity index (χ1v) is 2.71. The van der Waals surface area contributed by atoms with Gasteiger partial charge in [-0.15, -0.1) is 0 Å². The second kappa shape index (κ2) is 6.25. The van der Waals surface area contributed by atoms with Gasteiger partial charge in [0.15, 0.2) is 0 Å². The van der Waals surface area contributed by atoms with Crippen LogP contribution in [0.5, 0.6) is 0 Å².